The Morgan fingerprint density at radius 3 is 1.52 bits per heavy atom. The lowest BCUT2D eigenvalue weighted by Crippen LogP contribution is -2.07. The molecule has 0 aromatic heterocycles. The van der Waals surface area contributed by atoms with Crippen molar-refractivity contribution in [1.29, 1.82) is 0 Å². The monoisotopic (exact) mass is 362 g/mol. The molecule has 0 aliphatic heterocycles. The minimum absolute atomic E-state index is 0.0721. The number of aromatic hydroxyl groups is 2. The Hall–Kier alpha value is -2.94. The van der Waals surface area contributed by atoms with Crippen LogP contribution in [0.4, 0.5) is 0 Å². The van der Waals surface area contributed by atoms with Crippen molar-refractivity contribution in [1.82, 2.24) is 0 Å². The highest BCUT2D eigenvalue weighted by Gasteiger charge is 2.23. The van der Waals surface area contributed by atoms with Crippen molar-refractivity contribution in [3.63, 3.8) is 0 Å². The second kappa shape index (κ2) is 7.36. The molecule has 0 heterocycles. The third-order valence-electron chi connectivity index (χ3n) is 5.14. The number of aryl methyl sites for hydroxylation is 4. The Balaban J connectivity index is 2.31. The lowest BCUT2D eigenvalue weighted by molar-refractivity contribution is 0.409. The number of rotatable bonds is 4. The molecular formula is C24H26O3. The molecule has 0 unspecified atom stereocenters. The summed E-state index contributed by atoms with van der Waals surface area (Å²) in [7, 11) is 1.68. The largest absolute Gasteiger partial charge is 0.507 e. The molecule has 0 spiro atoms. The van der Waals surface area contributed by atoms with Crippen LogP contribution in [0.2, 0.25) is 0 Å². The summed E-state index contributed by atoms with van der Waals surface area (Å²) in [5.74, 6) is 1.40. The number of phenolic OH excluding ortho intramolecular Hbond substituents is 2. The molecule has 0 saturated carbocycles. The van der Waals surface area contributed by atoms with E-state index in [9.17, 15) is 10.2 Å². The van der Waals surface area contributed by atoms with Gasteiger partial charge in [-0.25, -0.2) is 0 Å². The van der Waals surface area contributed by atoms with Crippen LogP contribution in [0.25, 0.3) is 0 Å². The summed E-state index contributed by atoms with van der Waals surface area (Å²) in [5, 5.41) is 20.4. The highest BCUT2D eigenvalue weighted by Crippen LogP contribution is 2.41. The zero-order valence-corrected chi connectivity index (χ0v) is 16.5. The Morgan fingerprint density at radius 1 is 0.704 bits per heavy atom. The normalized spacial score (nSPS) is 11.0. The van der Waals surface area contributed by atoms with Crippen LogP contribution in [-0.4, -0.2) is 17.3 Å². The van der Waals surface area contributed by atoms with Gasteiger partial charge in [0.1, 0.15) is 17.2 Å². The van der Waals surface area contributed by atoms with E-state index >= 15 is 0 Å². The summed E-state index contributed by atoms with van der Waals surface area (Å²) in [6.45, 7) is 7.66. The van der Waals surface area contributed by atoms with Gasteiger partial charge >= 0.3 is 0 Å². The number of para-hydroxylation sites is 1. The standard InChI is InChI=1S/C24H26O3/c1-14-10-18(11-15(2)23(14)25)22(20-8-6-7-9-21(20)27-5)19-12-16(3)24(26)17(4)13-19/h6-13,22,25-26H,1-5H3. The molecule has 0 bridgehead atoms. The van der Waals surface area contributed by atoms with Crippen LogP contribution in [-0.2, 0) is 0 Å². The lowest BCUT2D eigenvalue weighted by atomic mass is 9.82. The Labute approximate surface area is 160 Å². The summed E-state index contributed by atoms with van der Waals surface area (Å²) >= 11 is 0. The van der Waals surface area contributed by atoms with Crippen molar-refractivity contribution in [3.05, 3.63) is 87.5 Å². The molecule has 0 saturated heterocycles. The molecule has 0 radical (unpaired) electrons. The summed E-state index contributed by atoms with van der Waals surface area (Å²) in [6, 6.07) is 16.1. The zero-order chi connectivity index (χ0) is 19.7. The fourth-order valence-corrected chi connectivity index (χ4v) is 3.77. The van der Waals surface area contributed by atoms with Crippen molar-refractivity contribution in [2.45, 2.75) is 33.6 Å². The van der Waals surface area contributed by atoms with E-state index in [0.717, 1.165) is 44.7 Å². The SMILES string of the molecule is COc1ccccc1C(c1cc(C)c(O)c(C)c1)c1cc(C)c(O)c(C)c1. The van der Waals surface area contributed by atoms with E-state index in [2.05, 4.69) is 6.07 Å². The molecule has 27 heavy (non-hydrogen) atoms. The topological polar surface area (TPSA) is 49.7 Å². The Bertz CT molecular complexity index is 885. The van der Waals surface area contributed by atoms with Crippen molar-refractivity contribution >= 4 is 0 Å². The van der Waals surface area contributed by atoms with Crippen molar-refractivity contribution in [2.24, 2.45) is 0 Å². The van der Waals surface area contributed by atoms with Gasteiger partial charge in [0, 0.05) is 11.5 Å². The number of methoxy groups -OCH3 is 1. The molecule has 2 N–H and O–H groups in total. The van der Waals surface area contributed by atoms with E-state index in [1.54, 1.807) is 7.11 Å². The van der Waals surface area contributed by atoms with Crippen LogP contribution in [0.3, 0.4) is 0 Å². The summed E-state index contributed by atoms with van der Waals surface area (Å²) in [6.07, 6.45) is 0. The van der Waals surface area contributed by atoms with Gasteiger partial charge in [-0.05, 0) is 67.1 Å². The average Bonchev–Trinajstić information content (AvgIpc) is 2.64. The molecular weight excluding hydrogens is 336 g/mol. The number of ether oxygens (including phenoxy) is 1. The maximum atomic E-state index is 10.2. The van der Waals surface area contributed by atoms with E-state index in [-0.39, 0.29) is 5.92 Å². The highest BCUT2D eigenvalue weighted by atomic mass is 16.5. The van der Waals surface area contributed by atoms with E-state index < -0.39 is 0 Å². The van der Waals surface area contributed by atoms with Gasteiger partial charge in [-0.2, -0.15) is 0 Å². The van der Waals surface area contributed by atoms with E-state index in [1.807, 2.05) is 70.2 Å². The molecule has 0 aliphatic carbocycles. The van der Waals surface area contributed by atoms with Crippen LogP contribution < -0.4 is 4.74 Å². The minimum atomic E-state index is -0.0721. The van der Waals surface area contributed by atoms with Crippen LogP contribution in [0.1, 0.15) is 44.9 Å². The van der Waals surface area contributed by atoms with Crippen molar-refractivity contribution in [2.75, 3.05) is 7.11 Å². The predicted molar refractivity (Wildman–Crippen MR) is 109 cm³/mol. The quantitative estimate of drug-likeness (QED) is 0.601. The van der Waals surface area contributed by atoms with Gasteiger partial charge in [-0.3, -0.25) is 0 Å². The second-order valence-corrected chi connectivity index (χ2v) is 7.18. The van der Waals surface area contributed by atoms with Crippen LogP contribution in [0.15, 0.2) is 48.5 Å². The fourth-order valence-electron chi connectivity index (χ4n) is 3.77. The predicted octanol–water partition coefficient (Wildman–Crippen LogP) is 5.52. The van der Waals surface area contributed by atoms with Gasteiger partial charge < -0.3 is 14.9 Å². The minimum Gasteiger partial charge on any atom is -0.507 e. The summed E-state index contributed by atoms with van der Waals surface area (Å²) in [5.41, 5.74) is 6.59. The molecule has 0 atom stereocenters. The Morgan fingerprint density at radius 2 is 1.11 bits per heavy atom. The van der Waals surface area contributed by atoms with Gasteiger partial charge in [-0.15, -0.1) is 0 Å². The number of hydrogen-bond acceptors (Lipinski definition) is 3. The Kier molecular flexibility index (Phi) is 5.13. The average molecular weight is 362 g/mol. The number of hydrogen-bond donors (Lipinski definition) is 2. The van der Waals surface area contributed by atoms with Gasteiger partial charge in [0.25, 0.3) is 0 Å². The molecule has 3 rings (SSSR count). The second-order valence-electron chi connectivity index (χ2n) is 7.18. The van der Waals surface area contributed by atoms with Crippen molar-refractivity contribution in [3.8, 4) is 17.2 Å². The number of benzene rings is 3. The van der Waals surface area contributed by atoms with Gasteiger partial charge in [-0.1, -0.05) is 42.5 Å². The van der Waals surface area contributed by atoms with E-state index in [4.69, 9.17) is 4.74 Å². The van der Waals surface area contributed by atoms with E-state index in [0.29, 0.717) is 11.5 Å². The summed E-state index contributed by atoms with van der Waals surface area (Å²) in [4.78, 5) is 0. The zero-order valence-electron chi connectivity index (χ0n) is 16.5. The van der Waals surface area contributed by atoms with Crippen LogP contribution >= 0.6 is 0 Å². The molecule has 0 fully saturated rings. The van der Waals surface area contributed by atoms with Gasteiger partial charge in [0.15, 0.2) is 0 Å². The molecule has 3 heteroatoms. The first kappa shape index (κ1) is 18.8. The molecule has 140 valence electrons. The molecule has 3 aromatic rings. The maximum absolute atomic E-state index is 10.2. The molecule has 0 aliphatic rings. The fraction of sp³-hybridized carbons (Fsp3) is 0.250. The smallest absolute Gasteiger partial charge is 0.123 e. The third-order valence-corrected chi connectivity index (χ3v) is 5.14. The van der Waals surface area contributed by atoms with Gasteiger partial charge in [0.2, 0.25) is 0 Å². The van der Waals surface area contributed by atoms with Crippen LogP contribution in [0, 0.1) is 27.7 Å². The van der Waals surface area contributed by atoms with Crippen LogP contribution in [0.5, 0.6) is 17.2 Å². The lowest BCUT2D eigenvalue weighted by Gasteiger charge is -2.23. The molecule has 3 aromatic carbocycles. The maximum Gasteiger partial charge on any atom is 0.123 e. The third kappa shape index (κ3) is 3.50. The highest BCUT2D eigenvalue weighted by molar-refractivity contribution is 5.55. The molecule has 0 amide bonds. The first-order chi connectivity index (χ1) is 12.8. The van der Waals surface area contributed by atoms with Gasteiger partial charge in [0.05, 0.1) is 7.11 Å². The number of phenols is 2. The van der Waals surface area contributed by atoms with Crippen molar-refractivity contribution < 1.29 is 14.9 Å². The first-order valence-corrected chi connectivity index (χ1v) is 9.06. The summed E-state index contributed by atoms with van der Waals surface area (Å²) < 4.78 is 5.64. The van der Waals surface area contributed by atoms with E-state index in [1.165, 1.54) is 0 Å². The molecule has 3 nitrogen and oxygen atoms in total. The first-order valence-electron chi connectivity index (χ1n) is 9.06.